The molecule has 108 valence electrons. The Balaban J connectivity index is 2.01. The Labute approximate surface area is 119 Å². The quantitative estimate of drug-likeness (QED) is 0.805. The normalized spacial score (nSPS) is 14.0. The maximum absolute atomic E-state index is 14.1. The van der Waals surface area contributed by atoms with E-state index in [1.165, 1.54) is 12.1 Å². The summed E-state index contributed by atoms with van der Waals surface area (Å²) in [6.45, 7) is 3.41. The summed E-state index contributed by atoms with van der Waals surface area (Å²) < 4.78 is 19.1. The summed E-state index contributed by atoms with van der Waals surface area (Å²) in [7, 11) is 0. The predicted molar refractivity (Wildman–Crippen MR) is 70.3 cm³/mol. The van der Waals surface area contributed by atoms with E-state index in [4.69, 9.17) is 4.52 Å². The second-order valence-corrected chi connectivity index (χ2v) is 4.82. The Morgan fingerprint density at radius 2 is 2.10 bits per heavy atom. The van der Waals surface area contributed by atoms with Crippen LogP contribution in [-0.4, -0.2) is 21.8 Å². The number of anilines is 1. The van der Waals surface area contributed by atoms with Gasteiger partial charge in [0.15, 0.2) is 5.82 Å². The van der Waals surface area contributed by atoms with E-state index < -0.39 is 17.5 Å². The third kappa shape index (κ3) is 2.10. The number of fused-ring (bicyclic) bond motifs is 1. The van der Waals surface area contributed by atoms with Gasteiger partial charge in [0.05, 0.1) is 17.8 Å². The molecule has 2 aromatic rings. The van der Waals surface area contributed by atoms with Gasteiger partial charge in [-0.3, -0.25) is 14.5 Å². The number of hydrogen-bond donors (Lipinski definition) is 0. The zero-order valence-corrected chi connectivity index (χ0v) is 11.5. The first kappa shape index (κ1) is 13.4. The molecule has 0 bridgehead atoms. The second-order valence-electron chi connectivity index (χ2n) is 4.82. The molecule has 3 rings (SSSR count). The van der Waals surface area contributed by atoms with Crippen molar-refractivity contribution < 1.29 is 18.5 Å². The van der Waals surface area contributed by atoms with E-state index in [-0.39, 0.29) is 23.6 Å². The van der Waals surface area contributed by atoms with Crippen LogP contribution in [0.1, 0.15) is 34.6 Å². The minimum Gasteiger partial charge on any atom is -0.339 e. The predicted octanol–water partition coefficient (Wildman–Crippen LogP) is 1.81. The largest absolute Gasteiger partial charge is 0.339 e. The zero-order valence-electron chi connectivity index (χ0n) is 11.5. The number of rotatable bonds is 3. The molecule has 1 aliphatic rings. The molecule has 6 nitrogen and oxygen atoms in total. The van der Waals surface area contributed by atoms with Crippen molar-refractivity contribution in [2.75, 3.05) is 4.90 Å². The number of carbonyl (C=O) groups excluding carboxylic acids is 2. The lowest BCUT2D eigenvalue weighted by molar-refractivity contribution is -0.114. The van der Waals surface area contributed by atoms with Gasteiger partial charge in [0.1, 0.15) is 5.82 Å². The first-order chi connectivity index (χ1) is 10.0. The van der Waals surface area contributed by atoms with Gasteiger partial charge in [0.2, 0.25) is 5.89 Å². The van der Waals surface area contributed by atoms with Crippen LogP contribution in [0.4, 0.5) is 10.1 Å². The molecule has 1 aromatic carbocycles. The molecule has 0 atom stereocenters. The number of carbonyl (C=O) groups is 2. The molecule has 0 unspecified atom stereocenters. The van der Waals surface area contributed by atoms with Crippen molar-refractivity contribution in [3.63, 3.8) is 0 Å². The Morgan fingerprint density at radius 1 is 1.33 bits per heavy atom. The molecule has 7 heteroatoms. The maximum Gasteiger partial charge on any atom is 0.299 e. The summed E-state index contributed by atoms with van der Waals surface area (Å²) in [5, 5.41) is 3.72. The lowest BCUT2D eigenvalue weighted by Crippen LogP contribution is -2.30. The van der Waals surface area contributed by atoms with Crippen LogP contribution in [-0.2, 0) is 17.8 Å². The van der Waals surface area contributed by atoms with E-state index in [1.54, 1.807) is 6.92 Å². The van der Waals surface area contributed by atoms with E-state index in [2.05, 4.69) is 10.1 Å². The fraction of sp³-hybridized carbons (Fsp3) is 0.286. The minimum absolute atomic E-state index is 0.0153. The number of hydrogen-bond acceptors (Lipinski definition) is 5. The number of halogens is 1. The number of ketones is 1. The van der Waals surface area contributed by atoms with Gasteiger partial charge >= 0.3 is 0 Å². The first-order valence-corrected chi connectivity index (χ1v) is 6.49. The van der Waals surface area contributed by atoms with E-state index >= 15 is 0 Å². The van der Waals surface area contributed by atoms with Gasteiger partial charge in [0, 0.05) is 6.42 Å². The van der Waals surface area contributed by atoms with Crippen molar-refractivity contribution in [2.45, 2.75) is 26.8 Å². The number of aryl methyl sites for hydroxylation is 2. The molecule has 1 aromatic heterocycles. The van der Waals surface area contributed by atoms with Crippen LogP contribution in [0.2, 0.25) is 0 Å². The smallest absolute Gasteiger partial charge is 0.299 e. The molecular formula is C14H12FN3O3. The van der Waals surface area contributed by atoms with Crippen LogP contribution in [0.15, 0.2) is 16.7 Å². The van der Waals surface area contributed by atoms with E-state index in [0.29, 0.717) is 17.9 Å². The van der Waals surface area contributed by atoms with Crippen molar-refractivity contribution in [3.8, 4) is 0 Å². The van der Waals surface area contributed by atoms with Gasteiger partial charge in [0.25, 0.3) is 11.7 Å². The highest BCUT2D eigenvalue weighted by atomic mass is 19.1. The molecule has 2 heterocycles. The average molecular weight is 289 g/mol. The molecule has 0 fully saturated rings. The third-order valence-electron chi connectivity index (χ3n) is 3.27. The summed E-state index contributed by atoms with van der Waals surface area (Å²) in [5.41, 5.74) is 0.650. The lowest BCUT2D eigenvalue weighted by Gasteiger charge is -2.14. The molecule has 0 saturated carbocycles. The topological polar surface area (TPSA) is 76.3 Å². The van der Waals surface area contributed by atoms with Gasteiger partial charge in [-0.2, -0.15) is 4.98 Å². The number of Topliss-reactive ketones (excluding diaryl/α,β-unsaturated/α-hetero) is 1. The van der Waals surface area contributed by atoms with Crippen LogP contribution in [0.25, 0.3) is 0 Å². The Kier molecular flexibility index (Phi) is 3.04. The fourth-order valence-corrected chi connectivity index (χ4v) is 2.31. The van der Waals surface area contributed by atoms with Crippen LogP contribution < -0.4 is 4.90 Å². The van der Waals surface area contributed by atoms with Crippen molar-refractivity contribution in [3.05, 3.63) is 40.8 Å². The van der Waals surface area contributed by atoms with E-state index in [9.17, 15) is 14.0 Å². The van der Waals surface area contributed by atoms with E-state index in [0.717, 1.165) is 4.90 Å². The van der Waals surface area contributed by atoms with Gasteiger partial charge in [-0.25, -0.2) is 4.39 Å². The Hall–Kier alpha value is -2.57. The average Bonchev–Trinajstić information content (AvgIpc) is 2.98. The molecule has 0 radical (unpaired) electrons. The van der Waals surface area contributed by atoms with Gasteiger partial charge in [-0.05, 0) is 24.6 Å². The first-order valence-electron chi connectivity index (χ1n) is 6.49. The minimum atomic E-state index is -0.780. The second kappa shape index (κ2) is 4.76. The summed E-state index contributed by atoms with van der Waals surface area (Å²) in [6, 6.07) is 2.79. The molecule has 0 aliphatic carbocycles. The van der Waals surface area contributed by atoms with Crippen molar-refractivity contribution >= 4 is 17.4 Å². The number of aromatic nitrogens is 2. The summed E-state index contributed by atoms with van der Waals surface area (Å²) >= 11 is 0. The van der Waals surface area contributed by atoms with Gasteiger partial charge < -0.3 is 4.52 Å². The summed E-state index contributed by atoms with van der Waals surface area (Å²) in [4.78, 5) is 29.1. The highest BCUT2D eigenvalue weighted by Gasteiger charge is 2.39. The van der Waals surface area contributed by atoms with E-state index in [1.807, 2.05) is 6.92 Å². The number of benzene rings is 1. The standard InChI is InChI=1S/C14H12FN3O3/c1-3-11-16-10(17-21-11)6-18-12-8(13(19)14(18)20)4-7(2)5-9(12)15/h4-5H,3,6H2,1-2H3. The zero-order chi connectivity index (χ0) is 15.1. The van der Waals surface area contributed by atoms with Crippen LogP contribution in [0.3, 0.4) is 0 Å². The summed E-state index contributed by atoms with van der Waals surface area (Å²) in [5.74, 6) is -1.44. The molecular weight excluding hydrogens is 277 g/mol. The fourth-order valence-electron chi connectivity index (χ4n) is 2.31. The highest BCUT2D eigenvalue weighted by Crippen LogP contribution is 2.33. The van der Waals surface area contributed by atoms with Crippen molar-refractivity contribution in [2.24, 2.45) is 0 Å². The van der Waals surface area contributed by atoms with Crippen LogP contribution in [0, 0.1) is 12.7 Å². The monoisotopic (exact) mass is 289 g/mol. The Bertz CT molecular complexity index is 754. The Morgan fingerprint density at radius 3 is 2.76 bits per heavy atom. The lowest BCUT2D eigenvalue weighted by atomic mass is 10.1. The number of nitrogens with zero attached hydrogens (tertiary/aromatic N) is 3. The van der Waals surface area contributed by atoms with Crippen LogP contribution in [0.5, 0.6) is 0 Å². The highest BCUT2D eigenvalue weighted by molar-refractivity contribution is 6.52. The maximum atomic E-state index is 14.1. The third-order valence-corrected chi connectivity index (χ3v) is 3.27. The molecule has 1 aliphatic heterocycles. The molecule has 0 N–H and O–H groups in total. The molecule has 0 spiro atoms. The summed E-state index contributed by atoms with van der Waals surface area (Å²) in [6.07, 6.45) is 0.560. The van der Waals surface area contributed by atoms with Crippen LogP contribution >= 0.6 is 0 Å². The van der Waals surface area contributed by atoms with Crippen molar-refractivity contribution in [1.82, 2.24) is 10.1 Å². The number of amides is 1. The van der Waals surface area contributed by atoms with Crippen molar-refractivity contribution in [1.29, 1.82) is 0 Å². The molecule has 1 amide bonds. The van der Waals surface area contributed by atoms with Gasteiger partial charge in [-0.1, -0.05) is 12.1 Å². The van der Waals surface area contributed by atoms with Gasteiger partial charge in [-0.15, -0.1) is 0 Å². The molecule has 0 saturated heterocycles. The SMILES string of the molecule is CCc1nc(CN2C(=O)C(=O)c3cc(C)cc(F)c32)no1. The molecule has 21 heavy (non-hydrogen) atoms.